The van der Waals surface area contributed by atoms with Crippen molar-refractivity contribution in [3.63, 3.8) is 0 Å². The van der Waals surface area contributed by atoms with E-state index in [1.54, 1.807) is 11.0 Å². The molecule has 4 amide bonds. The summed E-state index contributed by atoms with van der Waals surface area (Å²) in [7, 11) is 0. The maximum atomic E-state index is 13.4. The summed E-state index contributed by atoms with van der Waals surface area (Å²) >= 11 is 0. The molecule has 0 spiro atoms. The van der Waals surface area contributed by atoms with Gasteiger partial charge in [0.1, 0.15) is 11.9 Å². The van der Waals surface area contributed by atoms with Crippen molar-refractivity contribution in [2.24, 2.45) is 0 Å². The van der Waals surface area contributed by atoms with Crippen LogP contribution in [0.15, 0.2) is 18.2 Å². The molecule has 0 bridgehead atoms. The number of hydrogen-bond acceptors (Lipinski definition) is 4. The topological polar surface area (TPSA) is 81.8 Å². The van der Waals surface area contributed by atoms with Gasteiger partial charge in [0.15, 0.2) is 0 Å². The number of halogens is 1. The highest BCUT2D eigenvalue weighted by Gasteiger charge is 2.36. The molecule has 1 aromatic carbocycles. The lowest BCUT2D eigenvalue weighted by Crippen LogP contribution is -2.53. The van der Waals surface area contributed by atoms with Crippen LogP contribution in [-0.4, -0.2) is 54.5 Å². The van der Waals surface area contributed by atoms with E-state index >= 15 is 0 Å². The van der Waals surface area contributed by atoms with Crippen molar-refractivity contribution in [2.75, 3.05) is 24.5 Å². The van der Waals surface area contributed by atoms with Crippen molar-refractivity contribution < 1.29 is 18.8 Å². The average molecular weight is 346 g/mol. The molecule has 1 aromatic rings. The van der Waals surface area contributed by atoms with Crippen molar-refractivity contribution in [3.05, 3.63) is 29.6 Å². The smallest absolute Gasteiger partial charge is 0.322 e. The van der Waals surface area contributed by atoms with Crippen LogP contribution in [0.4, 0.5) is 14.9 Å². The summed E-state index contributed by atoms with van der Waals surface area (Å²) in [5, 5.41) is 4.67. The van der Waals surface area contributed by atoms with Crippen LogP contribution in [0.1, 0.15) is 18.4 Å². The molecule has 0 aliphatic carbocycles. The second kappa shape index (κ2) is 6.02. The Morgan fingerprint density at radius 1 is 1.28 bits per heavy atom. The van der Waals surface area contributed by atoms with Crippen molar-refractivity contribution in [2.45, 2.75) is 31.3 Å². The van der Waals surface area contributed by atoms with Crippen LogP contribution >= 0.6 is 0 Å². The Morgan fingerprint density at radius 3 is 2.88 bits per heavy atom. The molecular formula is C17H19FN4O3. The lowest BCUT2D eigenvalue weighted by Gasteiger charge is -2.39. The van der Waals surface area contributed by atoms with Crippen molar-refractivity contribution >= 4 is 23.5 Å². The van der Waals surface area contributed by atoms with Crippen LogP contribution in [-0.2, 0) is 16.0 Å². The summed E-state index contributed by atoms with van der Waals surface area (Å²) < 4.78 is 13.4. The molecule has 8 heteroatoms. The van der Waals surface area contributed by atoms with Crippen molar-refractivity contribution in [3.8, 4) is 0 Å². The maximum absolute atomic E-state index is 13.4. The van der Waals surface area contributed by atoms with E-state index in [1.807, 2.05) is 6.07 Å². The molecule has 0 saturated carbocycles. The van der Waals surface area contributed by atoms with Gasteiger partial charge in [-0.1, -0.05) is 0 Å². The van der Waals surface area contributed by atoms with Gasteiger partial charge in [0, 0.05) is 31.7 Å². The summed E-state index contributed by atoms with van der Waals surface area (Å²) in [5.41, 5.74) is 2.05. The van der Waals surface area contributed by atoms with Gasteiger partial charge in [-0.05, 0) is 36.6 Å². The van der Waals surface area contributed by atoms with E-state index in [9.17, 15) is 18.8 Å². The first-order valence-corrected chi connectivity index (χ1v) is 8.45. The van der Waals surface area contributed by atoms with Crippen molar-refractivity contribution in [1.29, 1.82) is 0 Å². The fourth-order valence-electron chi connectivity index (χ4n) is 3.91. The number of piperazine rings is 1. The van der Waals surface area contributed by atoms with E-state index in [1.165, 1.54) is 6.07 Å². The van der Waals surface area contributed by atoms with E-state index < -0.39 is 12.1 Å². The Morgan fingerprint density at radius 2 is 2.12 bits per heavy atom. The quantitative estimate of drug-likeness (QED) is 0.776. The lowest BCUT2D eigenvalue weighted by atomic mass is 10.1. The van der Waals surface area contributed by atoms with Crippen LogP contribution in [0.25, 0.3) is 0 Å². The summed E-state index contributed by atoms with van der Waals surface area (Å²) in [4.78, 5) is 39.1. The standard InChI is InChI=1S/C17H19FN4O3/c18-11-1-3-14-10(7-11)8-12-9-21(5-6-22(12)14)15(23)4-2-13-16(24)20-17(25)19-13/h1,3,7,12-13H,2,4-6,8-9H2,(H2,19,20,24,25). The zero-order chi connectivity index (χ0) is 17.6. The fourth-order valence-corrected chi connectivity index (χ4v) is 3.91. The minimum absolute atomic E-state index is 0.0178. The van der Waals surface area contributed by atoms with Gasteiger partial charge in [0.25, 0.3) is 5.91 Å². The SMILES string of the molecule is O=C1NC(=O)C(CCC(=O)N2CCN3c4ccc(F)cc4CC3C2)N1. The first kappa shape index (κ1) is 15.9. The minimum Gasteiger partial charge on any atom is -0.364 e. The number of fused-ring (bicyclic) bond motifs is 3. The van der Waals surface area contributed by atoms with E-state index in [4.69, 9.17) is 0 Å². The monoisotopic (exact) mass is 346 g/mol. The third-order valence-corrected chi connectivity index (χ3v) is 5.15. The summed E-state index contributed by atoms with van der Waals surface area (Å²) in [5.74, 6) is -0.630. The zero-order valence-electron chi connectivity index (χ0n) is 13.6. The van der Waals surface area contributed by atoms with E-state index in [-0.39, 0.29) is 30.1 Å². The number of imide groups is 1. The van der Waals surface area contributed by atoms with E-state index in [2.05, 4.69) is 15.5 Å². The Balaban J connectivity index is 1.34. The lowest BCUT2D eigenvalue weighted by molar-refractivity contribution is -0.132. The molecule has 7 nitrogen and oxygen atoms in total. The number of carbonyl (C=O) groups excluding carboxylic acids is 3. The molecule has 2 N–H and O–H groups in total. The van der Waals surface area contributed by atoms with Gasteiger partial charge in [-0.25, -0.2) is 9.18 Å². The molecule has 2 atom stereocenters. The van der Waals surface area contributed by atoms with Crippen LogP contribution in [0.3, 0.4) is 0 Å². The third kappa shape index (κ3) is 2.92. The second-order valence-electron chi connectivity index (χ2n) is 6.72. The third-order valence-electron chi connectivity index (χ3n) is 5.15. The first-order chi connectivity index (χ1) is 12.0. The zero-order valence-corrected chi connectivity index (χ0v) is 13.6. The largest absolute Gasteiger partial charge is 0.364 e. The Labute approximate surface area is 144 Å². The van der Waals surface area contributed by atoms with E-state index in [0.717, 1.165) is 24.2 Å². The Kier molecular flexibility index (Phi) is 3.82. The summed E-state index contributed by atoms with van der Waals surface area (Å²) in [6.07, 6.45) is 1.25. The molecule has 2 saturated heterocycles. The first-order valence-electron chi connectivity index (χ1n) is 8.45. The maximum Gasteiger partial charge on any atom is 0.322 e. The number of rotatable bonds is 3. The van der Waals surface area contributed by atoms with Gasteiger partial charge < -0.3 is 15.1 Å². The van der Waals surface area contributed by atoms with Gasteiger partial charge in [0.2, 0.25) is 5.91 Å². The summed E-state index contributed by atoms with van der Waals surface area (Å²) in [6.45, 7) is 1.92. The molecule has 0 radical (unpaired) electrons. The Hall–Kier alpha value is -2.64. The second-order valence-corrected chi connectivity index (χ2v) is 6.72. The predicted molar refractivity (Wildman–Crippen MR) is 87.5 cm³/mol. The van der Waals surface area contributed by atoms with Gasteiger partial charge in [0.05, 0.1) is 6.04 Å². The van der Waals surface area contributed by atoms with Gasteiger partial charge in [-0.15, -0.1) is 0 Å². The van der Waals surface area contributed by atoms with Crippen LogP contribution in [0, 0.1) is 5.82 Å². The molecule has 2 unspecified atom stereocenters. The van der Waals surface area contributed by atoms with Crippen LogP contribution < -0.4 is 15.5 Å². The predicted octanol–water partition coefficient (Wildman–Crippen LogP) is 0.387. The highest BCUT2D eigenvalue weighted by Crippen LogP contribution is 2.34. The molecule has 132 valence electrons. The number of benzene rings is 1. The molecule has 3 heterocycles. The normalized spacial score (nSPS) is 24.7. The Bertz CT molecular complexity index is 753. The molecule has 0 aromatic heterocycles. The van der Waals surface area contributed by atoms with Gasteiger partial charge >= 0.3 is 6.03 Å². The molecule has 25 heavy (non-hydrogen) atoms. The number of amides is 4. The molecule has 4 rings (SSSR count). The van der Waals surface area contributed by atoms with Crippen LogP contribution in [0.2, 0.25) is 0 Å². The fraction of sp³-hybridized carbons (Fsp3) is 0.471. The highest BCUT2D eigenvalue weighted by molar-refractivity contribution is 6.04. The van der Waals surface area contributed by atoms with Gasteiger partial charge in [-0.2, -0.15) is 0 Å². The van der Waals surface area contributed by atoms with Crippen LogP contribution in [0.5, 0.6) is 0 Å². The van der Waals surface area contributed by atoms with Gasteiger partial charge in [-0.3, -0.25) is 14.9 Å². The number of nitrogens with zero attached hydrogens (tertiary/aromatic N) is 2. The average Bonchev–Trinajstić information content (AvgIpc) is 3.10. The molecule has 3 aliphatic heterocycles. The highest BCUT2D eigenvalue weighted by atomic mass is 19.1. The van der Waals surface area contributed by atoms with E-state index in [0.29, 0.717) is 19.5 Å². The number of hydrogen-bond donors (Lipinski definition) is 2. The molecule has 3 aliphatic rings. The minimum atomic E-state index is -0.628. The summed E-state index contributed by atoms with van der Waals surface area (Å²) in [6, 6.07) is 3.89. The molecular weight excluding hydrogens is 327 g/mol. The number of urea groups is 1. The number of nitrogens with one attached hydrogen (secondary N) is 2. The number of anilines is 1. The number of carbonyl (C=O) groups is 3. The molecule has 2 fully saturated rings. The van der Waals surface area contributed by atoms with Crippen molar-refractivity contribution in [1.82, 2.24) is 15.5 Å².